The average molecular weight is 536 g/mol. The summed E-state index contributed by atoms with van der Waals surface area (Å²) < 4.78 is 4.67. The number of hydrogen-bond acceptors (Lipinski definition) is 1. The molecule has 0 saturated carbocycles. The Bertz CT molecular complexity index is 2460. The molecule has 0 N–H and O–H groups in total. The predicted molar refractivity (Wildman–Crippen MR) is 176 cm³/mol. The minimum Gasteiger partial charge on any atom is -0.309 e. The summed E-state index contributed by atoms with van der Waals surface area (Å²) in [5.74, 6) is 0.932. The Labute approximate surface area is 242 Å². The van der Waals surface area contributed by atoms with Gasteiger partial charge in [0.05, 0.1) is 27.6 Å². The van der Waals surface area contributed by atoms with E-state index in [-0.39, 0.29) is 0 Å². The molecule has 3 nitrogen and oxygen atoms in total. The number of pyridine rings is 1. The molecule has 0 atom stereocenters. The van der Waals surface area contributed by atoms with Crippen LogP contribution in [0.1, 0.15) is 0 Å². The van der Waals surface area contributed by atoms with E-state index < -0.39 is 0 Å². The molecule has 0 fully saturated rings. The van der Waals surface area contributed by atoms with Gasteiger partial charge in [0.15, 0.2) is 0 Å². The van der Waals surface area contributed by atoms with Crippen LogP contribution in [0.4, 0.5) is 0 Å². The van der Waals surface area contributed by atoms with Crippen molar-refractivity contribution in [2.45, 2.75) is 0 Å². The third-order valence-corrected chi connectivity index (χ3v) is 8.51. The molecule has 0 spiro atoms. The lowest BCUT2D eigenvalue weighted by molar-refractivity contribution is 1.10. The number of nitrogens with zero attached hydrogens (tertiary/aromatic N) is 3. The molecule has 0 saturated heterocycles. The van der Waals surface area contributed by atoms with Crippen molar-refractivity contribution >= 4 is 54.5 Å². The first kappa shape index (κ1) is 23.1. The normalized spacial score (nSPS) is 11.8. The van der Waals surface area contributed by atoms with Gasteiger partial charge in [-0.05, 0) is 71.8 Å². The number of benzene rings is 6. The summed E-state index contributed by atoms with van der Waals surface area (Å²) in [6, 6.07) is 54.2. The zero-order chi connectivity index (χ0) is 27.6. The smallest absolute Gasteiger partial charge is 0.138 e. The Balaban J connectivity index is 1.27. The SMILES string of the molecule is c1ccc(-n2c3ccccc3c3ccc(-c4ccc5c(c4)c4ccccc4n5-c4ccc5ccccc5n4)cc32)cc1. The van der Waals surface area contributed by atoms with Crippen molar-refractivity contribution in [3.05, 3.63) is 152 Å². The Morgan fingerprint density at radius 1 is 0.381 bits per heavy atom. The summed E-state index contributed by atoms with van der Waals surface area (Å²) in [4.78, 5) is 5.05. The van der Waals surface area contributed by atoms with E-state index in [2.05, 4.69) is 155 Å². The third-order valence-electron chi connectivity index (χ3n) is 8.51. The van der Waals surface area contributed by atoms with Gasteiger partial charge in [0.1, 0.15) is 5.82 Å². The number of rotatable bonds is 3. The zero-order valence-corrected chi connectivity index (χ0v) is 22.8. The molecule has 0 amide bonds. The van der Waals surface area contributed by atoms with Crippen molar-refractivity contribution in [3.63, 3.8) is 0 Å². The molecule has 196 valence electrons. The topological polar surface area (TPSA) is 22.8 Å². The Hall–Kier alpha value is -5.67. The van der Waals surface area contributed by atoms with E-state index in [1.807, 2.05) is 6.07 Å². The molecule has 0 unspecified atom stereocenters. The number of fused-ring (bicyclic) bond motifs is 7. The highest BCUT2D eigenvalue weighted by Crippen LogP contribution is 2.38. The summed E-state index contributed by atoms with van der Waals surface area (Å²) in [5, 5.41) is 6.13. The predicted octanol–water partition coefficient (Wildman–Crippen LogP) is 10.1. The number of aromatic nitrogens is 3. The maximum atomic E-state index is 5.05. The summed E-state index contributed by atoms with van der Waals surface area (Å²) in [5.41, 5.74) is 9.31. The molecule has 9 rings (SSSR count). The van der Waals surface area contributed by atoms with E-state index in [0.717, 1.165) is 27.8 Å². The van der Waals surface area contributed by atoms with Crippen LogP contribution >= 0.6 is 0 Å². The second-order valence-electron chi connectivity index (χ2n) is 10.9. The molecule has 3 aromatic heterocycles. The largest absolute Gasteiger partial charge is 0.309 e. The minimum atomic E-state index is 0.932. The van der Waals surface area contributed by atoms with Gasteiger partial charge in [-0.25, -0.2) is 4.98 Å². The van der Waals surface area contributed by atoms with Gasteiger partial charge >= 0.3 is 0 Å². The Morgan fingerprint density at radius 2 is 1.00 bits per heavy atom. The molecule has 42 heavy (non-hydrogen) atoms. The molecule has 6 aromatic carbocycles. The second kappa shape index (κ2) is 8.92. The van der Waals surface area contributed by atoms with Crippen LogP contribution in [0.15, 0.2) is 152 Å². The van der Waals surface area contributed by atoms with Crippen LogP contribution in [0.5, 0.6) is 0 Å². The third kappa shape index (κ3) is 3.37. The van der Waals surface area contributed by atoms with Gasteiger partial charge < -0.3 is 4.57 Å². The van der Waals surface area contributed by atoms with E-state index >= 15 is 0 Å². The van der Waals surface area contributed by atoms with Crippen LogP contribution in [-0.2, 0) is 0 Å². The Morgan fingerprint density at radius 3 is 1.86 bits per heavy atom. The quantitative estimate of drug-likeness (QED) is 0.221. The van der Waals surface area contributed by atoms with Gasteiger partial charge in [0.2, 0.25) is 0 Å². The molecule has 0 aliphatic rings. The van der Waals surface area contributed by atoms with Crippen molar-refractivity contribution in [1.29, 1.82) is 0 Å². The van der Waals surface area contributed by atoms with Crippen LogP contribution in [-0.4, -0.2) is 14.1 Å². The van der Waals surface area contributed by atoms with Crippen LogP contribution in [0.3, 0.4) is 0 Å². The lowest BCUT2D eigenvalue weighted by Gasteiger charge is -2.10. The highest BCUT2D eigenvalue weighted by Gasteiger charge is 2.16. The van der Waals surface area contributed by atoms with Gasteiger partial charge in [-0.2, -0.15) is 0 Å². The minimum absolute atomic E-state index is 0.932. The fraction of sp³-hybridized carbons (Fsp3) is 0. The monoisotopic (exact) mass is 535 g/mol. The van der Waals surface area contributed by atoms with Crippen LogP contribution < -0.4 is 0 Å². The summed E-state index contributed by atoms with van der Waals surface area (Å²) in [6.07, 6.45) is 0. The fourth-order valence-electron chi connectivity index (χ4n) is 6.58. The molecular formula is C39H25N3. The highest BCUT2D eigenvalue weighted by molar-refractivity contribution is 6.12. The van der Waals surface area contributed by atoms with Gasteiger partial charge in [0.25, 0.3) is 0 Å². The summed E-state index contributed by atoms with van der Waals surface area (Å²) >= 11 is 0. The van der Waals surface area contributed by atoms with Gasteiger partial charge in [-0.1, -0.05) is 91.0 Å². The standard InChI is InChI=1S/C39H25N3/c1-2-11-29(12-3-1)41-35-16-8-5-13-30(35)32-21-18-28(25-38(32)41)27-19-22-37-33(24-27)31-14-6-9-17-36(31)42(37)39-23-20-26-10-4-7-15-34(26)40-39/h1-25H. The molecule has 0 bridgehead atoms. The summed E-state index contributed by atoms with van der Waals surface area (Å²) in [6.45, 7) is 0. The first-order valence-electron chi connectivity index (χ1n) is 14.3. The molecule has 3 heterocycles. The van der Waals surface area contributed by atoms with E-state index in [0.29, 0.717) is 0 Å². The number of hydrogen-bond donors (Lipinski definition) is 0. The molecule has 9 aromatic rings. The summed E-state index contributed by atoms with van der Waals surface area (Å²) in [7, 11) is 0. The molecule has 0 aliphatic carbocycles. The van der Waals surface area contributed by atoms with E-state index in [4.69, 9.17) is 4.98 Å². The van der Waals surface area contributed by atoms with Gasteiger partial charge in [-0.15, -0.1) is 0 Å². The molecular weight excluding hydrogens is 510 g/mol. The molecule has 0 aliphatic heterocycles. The Kier molecular flexibility index (Phi) is 4.90. The van der Waals surface area contributed by atoms with Gasteiger partial charge in [0, 0.05) is 32.6 Å². The fourth-order valence-corrected chi connectivity index (χ4v) is 6.58. The first-order valence-corrected chi connectivity index (χ1v) is 14.3. The van der Waals surface area contributed by atoms with Crippen molar-refractivity contribution in [3.8, 4) is 22.6 Å². The zero-order valence-electron chi connectivity index (χ0n) is 22.8. The van der Waals surface area contributed by atoms with Crippen LogP contribution in [0.2, 0.25) is 0 Å². The number of para-hydroxylation sites is 4. The van der Waals surface area contributed by atoms with E-state index in [9.17, 15) is 0 Å². The van der Waals surface area contributed by atoms with Crippen molar-refractivity contribution < 1.29 is 0 Å². The van der Waals surface area contributed by atoms with Crippen LogP contribution in [0.25, 0.3) is 77.1 Å². The van der Waals surface area contributed by atoms with Gasteiger partial charge in [-0.3, -0.25) is 4.57 Å². The lowest BCUT2D eigenvalue weighted by atomic mass is 10.0. The molecule has 3 heteroatoms. The van der Waals surface area contributed by atoms with Crippen LogP contribution in [0, 0.1) is 0 Å². The second-order valence-corrected chi connectivity index (χ2v) is 10.9. The lowest BCUT2D eigenvalue weighted by Crippen LogP contribution is -1.97. The van der Waals surface area contributed by atoms with Crippen molar-refractivity contribution in [2.75, 3.05) is 0 Å². The van der Waals surface area contributed by atoms with Crippen molar-refractivity contribution in [2.24, 2.45) is 0 Å². The van der Waals surface area contributed by atoms with E-state index in [1.54, 1.807) is 0 Å². The van der Waals surface area contributed by atoms with Crippen molar-refractivity contribution in [1.82, 2.24) is 14.1 Å². The first-order chi connectivity index (χ1) is 20.8. The highest BCUT2D eigenvalue weighted by atomic mass is 15.1. The maximum Gasteiger partial charge on any atom is 0.138 e. The average Bonchev–Trinajstić information content (AvgIpc) is 3.57. The maximum absolute atomic E-state index is 5.05. The molecule has 0 radical (unpaired) electrons. The van der Waals surface area contributed by atoms with E-state index in [1.165, 1.54) is 49.4 Å².